The van der Waals surface area contributed by atoms with E-state index in [-0.39, 0.29) is 16.9 Å². The van der Waals surface area contributed by atoms with Gasteiger partial charge in [-0.15, -0.1) is 0 Å². The summed E-state index contributed by atoms with van der Waals surface area (Å²) >= 11 is 0. The Bertz CT molecular complexity index is 1070. The van der Waals surface area contributed by atoms with E-state index in [4.69, 9.17) is 0 Å². The van der Waals surface area contributed by atoms with Crippen molar-refractivity contribution in [3.05, 3.63) is 69.5 Å². The third-order valence-corrected chi connectivity index (χ3v) is 3.79. The molecule has 3 rings (SSSR count). The average Bonchev–Trinajstić information content (AvgIpc) is 2.59. The lowest BCUT2D eigenvalue weighted by Crippen LogP contribution is -2.05. The lowest BCUT2D eigenvalue weighted by atomic mass is 10.0. The normalized spacial score (nSPS) is 11.4. The zero-order valence-corrected chi connectivity index (χ0v) is 14.4. The van der Waals surface area contributed by atoms with Crippen LogP contribution in [0.5, 0.6) is 0 Å². The minimum Gasteiger partial charge on any atom is -0.258 e. The first-order chi connectivity index (χ1) is 12.6. The summed E-state index contributed by atoms with van der Waals surface area (Å²) in [5.41, 5.74) is 0.737. The highest BCUT2D eigenvalue weighted by atomic mass is 19.4. The van der Waals surface area contributed by atoms with E-state index in [0.29, 0.717) is 16.7 Å². The van der Waals surface area contributed by atoms with Crippen LogP contribution in [0.2, 0.25) is 0 Å². The summed E-state index contributed by atoms with van der Waals surface area (Å²) < 4.78 is 39.3. The predicted molar refractivity (Wildman–Crippen MR) is 96.0 cm³/mol. The number of hydrogen-bond donors (Lipinski definition) is 0. The van der Waals surface area contributed by atoms with E-state index < -0.39 is 16.7 Å². The fraction of sp³-hybridized carbons (Fsp3) is 0.158. The summed E-state index contributed by atoms with van der Waals surface area (Å²) in [5.74, 6) is 0.323. The van der Waals surface area contributed by atoms with Crippen LogP contribution in [-0.4, -0.2) is 14.9 Å². The van der Waals surface area contributed by atoms with Crippen molar-refractivity contribution in [2.45, 2.75) is 20.0 Å². The van der Waals surface area contributed by atoms with Crippen molar-refractivity contribution >= 4 is 22.7 Å². The average molecular weight is 373 g/mol. The Kier molecular flexibility index (Phi) is 4.65. The second kappa shape index (κ2) is 6.79. The van der Waals surface area contributed by atoms with Gasteiger partial charge in [0.25, 0.3) is 5.69 Å². The highest BCUT2D eigenvalue weighted by Gasteiger charge is 2.30. The molecule has 0 saturated heterocycles. The Labute approximate surface area is 152 Å². The molecule has 1 heterocycles. The number of hydrogen-bond acceptors (Lipinski definition) is 4. The van der Waals surface area contributed by atoms with Gasteiger partial charge in [0.05, 0.1) is 21.7 Å². The van der Waals surface area contributed by atoms with Crippen LogP contribution < -0.4 is 0 Å². The number of non-ortho nitro benzene ring substituents is 1. The number of allylic oxidation sites excluding steroid dienone is 1. The van der Waals surface area contributed by atoms with Gasteiger partial charge in [0.1, 0.15) is 0 Å². The van der Waals surface area contributed by atoms with Crippen molar-refractivity contribution in [1.82, 2.24) is 9.97 Å². The predicted octanol–water partition coefficient (Wildman–Crippen LogP) is 5.65. The van der Waals surface area contributed by atoms with Crippen LogP contribution >= 0.6 is 0 Å². The van der Waals surface area contributed by atoms with Crippen LogP contribution in [0.25, 0.3) is 28.2 Å². The number of benzene rings is 2. The number of nitro groups is 1. The molecule has 3 aromatic rings. The molecule has 8 heteroatoms. The van der Waals surface area contributed by atoms with Crippen LogP contribution in [0.3, 0.4) is 0 Å². The second-order valence-electron chi connectivity index (χ2n) is 6.19. The number of nitro benzene ring substituents is 1. The van der Waals surface area contributed by atoms with Crippen molar-refractivity contribution in [3.8, 4) is 11.3 Å². The molecule has 0 aliphatic heterocycles. The summed E-state index contributed by atoms with van der Waals surface area (Å²) in [5, 5.41) is 11.4. The summed E-state index contributed by atoms with van der Waals surface area (Å²) in [6.07, 6.45) is -2.81. The first kappa shape index (κ1) is 18.5. The maximum absolute atomic E-state index is 13.1. The highest BCUT2D eigenvalue weighted by molar-refractivity contribution is 5.94. The summed E-state index contributed by atoms with van der Waals surface area (Å²) in [4.78, 5) is 19.2. The number of aromatic nitrogens is 2. The molecule has 0 atom stereocenters. The van der Waals surface area contributed by atoms with Crippen molar-refractivity contribution in [2.24, 2.45) is 0 Å². The zero-order valence-electron chi connectivity index (χ0n) is 14.4. The quantitative estimate of drug-likeness (QED) is 0.440. The lowest BCUT2D eigenvalue weighted by molar-refractivity contribution is -0.384. The smallest absolute Gasteiger partial charge is 0.258 e. The van der Waals surface area contributed by atoms with Gasteiger partial charge in [-0.25, -0.2) is 9.97 Å². The molecule has 0 aliphatic carbocycles. The molecule has 0 radical (unpaired) electrons. The van der Waals surface area contributed by atoms with Gasteiger partial charge in [-0.2, -0.15) is 13.2 Å². The molecule has 0 amide bonds. The van der Waals surface area contributed by atoms with E-state index >= 15 is 0 Å². The summed E-state index contributed by atoms with van der Waals surface area (Å²) in [6.45, 7) is 3.68. The summed E-state index contributed by atoms with van der Waals surface area (Å²) in [7, 11) is 0. The van der Waals surface area contributed by atoms with E-state index in [0.717, 1.165) is 17.7 Å². The van der Waals surface area contributed by atoms with Gasteiger partial charge in [-0.3, -0.25) is 10.1 Å². The number of rotatable bonds is 3. The molecule has 5 nitrogen and oxygen atoms in total. The maximum Gasteiger partial charge on any atom is 0.416 e. The Morgan fingerprint density at radius 3 is 2.48 bits per heavy atom. The lowest BCUT2D eigenvalue weighted by Gasteiger charge is -2.11. The van der Waals surface area contributed by atoms with Gasteiger partial charge in [-0.1, -0.05) is 17.7 Å². The standard InChI is InChI=1S/C19H14F3N3O2/c1-11(2)8-17-23-16-7-6-14(25(26)27)10-15(16)18(24-17)12-4-3-5-13(9-12)19(20,21)22/h3-10H,1-2H3. The van der Waals surface area contributed by atoms with Crippen molar-refractivity contribution in [1.29, 1.82) is 0 Å². The van der Waals surface area contributed by atoms with Crippen molar-refractivity contribution < 1.29 is 18.1 Å². The van der Waals surface area contributed by atoms with Gasteiger partial charge >= 0.3 is 6.18 Å². The molecule has 138 valence electrons. The first-order valence-corrected chi connectivity index (χ1v) is 7.94. The molecular weight excluding hydrogens is 359 g/mol. The molecule has 27 heavy (non-hydrogen) atoms. The van der Waals surface area contributed by atoms with Gasteiger partial charge in [0.2, 0.25) is 0 Å². The molecule has 1 aromatic heterocycles. The molecule has 0 bridgehead atoms. The van der Waals surface area contributed by atoms with Crippen LogP contribution in [-0.2, 0) is 6.18 Å². The van der Waals surface area contributed by atoms with Crippen molar-refractivity contribution in [2.75, 3.05) is 0 Å². The fourth-order valence-corrected chi connectivity index (χ4v) is 2.63. The molecule has 0 aliphatic rings. The van der Waals surface area contributed by atoms with E-state index in [9.17, 15) is 23.3 Å². The van der Waals surface area contributed by atoms with E-state index in [2.05, 4.69) is 9.97 Å². The second-order valence-corrected chi connectivity index (χ2v) is 6.19. The molecular formula is C19H14F3N3O2. The molecule has 0 spiro atoms. The zero-order chi connectivity index (χ0) is 19.8. The van der Waals surface area contributed by atoms with Crippen LogP contribution in [0.4, 0.5) is 18.9 Å². The minimum atomic E-state index is -4.51. The van der Waals surface area contributed by atoms with Crippen LogP contribution in [0.15, 0.2) is 48.0 Å². The van der Waals surface area contributed by atoms with Gasteiger partial charge in [-0.05, 0) is 38.1 Å². The van der Waals surface area contributed by atoms with Crippen molar-refractivity contribution in [3.63, 3.8) is 0 Å². The highest BCUT2D eigenvalue weighted by Crippen LogP contribution is 2.34. The molecule has 0 N–H and O–H groups in total. The van der Waals surface area contributed by atoms with E-state index in [1.807, 2.05) is 13.8 Å². The number of alkyl halides is 3. The number of fused-ring (bicyclic) bond motifs is 1. The summed E-state index contributed by atoms with van der Waals surface area (Å²) in [6, 6.07) is 8.76. The van der Waals surface area contributed by atoms with Gasteiger partial charge in [0, 0.05) is 23.1 Å². The third kappa shape index (κ3) is 3.94. The molecule has 0 unspecified atom stereocenters. The monoisotopic (exact) mass is 373 g/mol. The Morgan fingerprint density at radius 1 is 1.11 bits per heavy atom. The van der Waals surface area contributed by atoms with Crippen LogP contribution in [0, 0.1) is 10.1 Å². The number of halogens is 3. The first-order valence-electron chi connectivity index (χ1n) is 7.94. The molecule has 0 saturated carbocycles. The largest absolute Gasteiger partial charge is 0.416 e. The Balaban J connectivity index is 2.33. The van der Waals surface area contributed by atoms with E-state index in [1.165, 1.54) is 30.3 Å². The number of nitrogens with zero attached hydrogens (tertiary/aromatic N) is 3. The SMILES string of the molecule is CC(C)=Cc1nc(-c2cccc(C(F)(F)F)c2)c2cc([N+](=O)[O-])ccc2n1. The van der Waals surface area contributed by atoms with E-state index in [1.54, 1.807) is 6.08 Å². The minimum absolute atomic E-state index is 0.186. The topological polar surface area (TPSA) is 68.9 Å². The third-order valence-electron chi connectivity index (χ3n) is 3.79. The Hall–Kier alpha value is -3.29. The fourth-order valence-electron chi connectivity index (χ4n) is 2.63. The van der Waals surface area contributed by atoms with Gasteiger partial charge in [0.15, 0.2) is 5.82 Å². The Morgan fingerprint density at radius 2 is 1.85 bits per heavy atom. The van der Waals surface area contributed by atoms with Crippen LogP contribution in [0.1, 0.15) is 25.2 Å². The molecule has 2 aromatic carbocycles. The van der Waals surface area contributed by atoms with Gasteiger partial charge < -0.3 is 0 Å². The maximum atomic E-state index is 13.1. The molecule has 0 fully saturated rings.